The lowest BCUT2D eigenvalue weighted by molar-refractivity contribution is 0.218. The molecular formula is C12H14ClNOS. The fourth-order valence-electron chi connectivity index (χ4n) is 1.66. The van der Waals surface area contributed by atoms with Crippen LogP contribution < -0.4 is 0 Å². The average Bonchev–Trinajstić information content (AvgIpc) is 2.57. The summed E-state index contributed by atoms with van der Waals surface area (Å²) in [5.74, 6) is 0. The molecule has 4 heteroatoms. The molecule has 0 atom stereocenters. The predicted octanol–water partition coefficient (Wildman–Crippen LogP) is 2.98. The maximum Gasteiger partial charge on any atom is 0.0637 e. The number of halogens is 1. The number of fused-ring (bicyclic) bond motifs is 1. The second-order valence-electron chi connectivity index (χ2n) is 3.80. The summed E-state index contributed by atoms with van der Waals surface area (Å²) in [6, 6.07) is 8.16. The van der Waals surface area contributed by atoms with Crippen molar-refractivity contribution in [1.29, 1.82) is 0 Å². The Labute approximate surface area is 104 Å². The van der Waals surface area contributed by atoms with Crippen LogP contribution in [0.4, 0.5) is 0 Å². The van der Waals surface area contributed by atoms with Gasteiger partial charge in [0.2, 0.25) is 0 Å². The van der Waals surface area contributed by atoms with Crippen LogP contribution in [0.1, 0.15) is 4.88 Å². The fourth-order valence-corrected chi connectivity index (χ4v) is 3.23. The Morgan fingerprint density at radius 2 is 2.12 bits per heavy atom. The van der Waals surface area contributed by atoms with Gasteiger partial charge >= 0.3 is 0 Å². The summed E-state index contributed by atoms with van der Waals surface area (Å²) >= 11 is 8.05. The van der Waals surface area contributed by atoms with E-state index in [1.54, 1.807) is 11.3 Å². The molecule has 0 spiro atoms. The number of nitrogens with zero attached hydrogens (tertiary/aromatic N) is 1. The third-order valence-electron chi connectivity index (χ3n) is 2.50. The standard InChI is InChI=1S/C12H14ClNOS/c1-14(6-7-15)8-11-12(13)9-4-2-3-5-10(9)16-11/h2-5,15H,6-8H2,1H3. The van der Waals surface area contributed by atoms with Crippen LogP contribution in [0.3, 0.4) is 0 Å². The molecule has 0 bridgehead atoms. The van der Waals surface area contributed by atoms with Gasteiger partial charge in [-0.2, -0.15) is 0 Å². The van der Waals surface area contributed by atoms with Gasteiger partial charge in [0.15, 0.2) is 0 Å². The Hall–Kier alpha value is -0.610. The molecule has 0 fully saturated rings. The van der Waals surface area contributed by atoms with Crippen LogP contribution in [0.25, 0.3) is 10.1 Å². The minimum atomic E-state index is 0.180. The number of benzene rings is 1. The molecule has 2 rings (SSSR count). The first-order chi connectivity index (χ1) is 7.72. The van der Waals surface area contributed by atoms with E-state index >= 15 is 0 Å². The Morgan fingerprint density at radius 1 is 1.38 bits per heavy atom. The van der Waals surface area contributed by atoms with E-state index in [9.17, 15) is 0 Å². The van der Waals surface area contributed by atoms with Crippen LogP contribution in [0.5, 0.6) is 0 Å². The largest absolute Gasteiger partial charge is 0.395 e. The Kier molecular flexibility index (Phi) is 3.82. The van der Waals surface area contributed by atoms with E-state index in [-0.39, 0.29) is 6.61 Å². The van der Waals surface area contributed by atoms with Gasteiger partial charge < -0.3 is 5.11 Å². The van der Waals surface area contributed by atoms with Crippen LogP contribution in [-0.4, -0.2) is 30.2 Å². The summed E-state index contributed by atoms with van der Waals surface area (Å²) < 4.78 is 1.22. The van der Waals surface area contributed by atoms with Crippen molar-refractivity contribution in [1.82, 2.24) is 4.90 Å². The quantitative estimate of drug-likeness (QED) is 0.908. The van der Waals surface area contributed by atoms with Gasteiger partial charge in [0.05, 0.1) is 11.6 Å². The molecule has 2 aromatic rings. The van der Waals surface area contributed by atoms with E-state index in [1.807, 2.05) is 25.2 Å². The number of aliphatic hydroxyl groups excluding tert-OH is 1. The van der Waals surface area contributed by atoms with Crippen LogP contribution in [-0.2, 0) is 6.54 Å². The number of hydrogen-bond donors (Lipinski definition) is 1. The minimum absolute atomic E-state index is 0.180. The number of thiophene rings is 1. The van der Waals surface area contributed by atoms with E-state index in [2.05, 4.69) is 11.0 Å². The minimum Gasteiger partial charge on any atom is -0.395 e. The van der Waals surface area contributed by atoms with Gasteiger partial charge in [0.1, 0.15) is 0 Å². The lowest BCUT2D eigenvalue weighted by atomic mass is 10.2. The molecule has 86 valence electrons. The highest BCUT2D eigenvalue weighted by atomic mass is 35.5. The van der Waals surface area contributed by atoms with E-state index in [0.29, 0.717) is 6.54 Å². The Morgan fingerprint density at radius 3 is 2.81 bits per heavy atom. The summed E-state index contributed by atoms with van der Waals surface area (Å²) in [7, 11) is 1.98. The molecule has 1 aromatic carbocycles. The highest BCUT2D eigenvalue weighted by Gasteiger charge is 2.11. The molecule has 1 heterocycles. The van der Waals surface area contributed by atoms with E-state index < -0.39 is 0 Å². The normalized spacial score (nSPS) is 11.5. The monoisotopic (exact) mass is 255 g/mol. The lowest BCUT2D eigenvalue weighted by Gasteiger charge is -2.13. The second kappa shape index (κ2) is 5.15. The first kappa shape index (κ1) is 11.9. The molecular weight excluding hydrogens is 242 g/mol. The molecule has 0 amide bonds. The van der Waals surface area contributed by atoms with Crippen molar-refractivity contribution < 1.29 is 5.11 Å². The lowest BCUT2D eigenvalue weighted by Crippen LogP contribution is -2.20. The van der Waals surface area contributed by atoms with Crippen molar-refractivity contribution in [2.24, 2.45) is 0 Å². The zero-order chi connectivity index (χ0) is 11.5. The molecule has 0 saturated heterocycles. The molecule has 0 aliphatic carbocycles. The van der Waals surface area contributed by atoms with E-state index in [1.165, 1.54) is 9.58 Å². The van der Waals surface area contributed by atoms with Gasteiger partial charge in [0, 0.05) is 28.1 Å². The average molecular weight is 256 g/mol. The zero-order valence-corrected chi connectivity index (χ0v) is 10.7. The summed E-state index contributed by atoms with van der Waals surface area (Å²) in [6.45, 7) is 1.64. The smallest absolute Gasteiger partial charge is 0.0637 e. The van der Waals surface area contributed by atoms with Crippen LogP contribution >= 0.6 is 22.9 Å². The van der Waals surface area contributed by atoms with Crippen LogP contribution in [0, 0.1) is 0 Å². The van der Waals surface area contributed by atoms with Crippen molar-refractivity contribution in [3.63, 3.8) is 0 Å². The van der Waals surface area contributed by atoms with Gasteiger partial charge in [0.25, 0.3) is 0 Å². The topological polar surface area (TPSA) is 23.5 Å². The van der Waals surface area contributed by atoms with Crippen molar-refractivity contribution in [2.75, 3.05) is 20.2 Å². The van der Waals surface area contributed by atoms with Gasteiger partial charge in [-0.15, -0.1) is 11.3 Å². The van der Waals surface area contributed by atoms with E-state index in [4.69, 9.17) is 16.7 Å². The molecule has 0 radical (unpaired) electrons. The summed E-state index contributed by atoms with van der Waals surface area (Å²) in [4.78, 5) is 3.23. The highest BCUT2D eigenvalue weighted by Crippen LogP contribution is 2.35. The fraction of sp³-hybridized carbons (Fsp3) is 0.333. The summed E-state index contributed by atoms with van der Waals surface area (Å²) in [5, 5.41) is 10.8. The van der Waals surface area contributed by atoms with Gasteiger partial charge in [-0.25, -0.2) is 0 Å². The van der Waals surface area contributed by atoms with Crippen molar-refractivity contribution in [3.8, 4) is 0 Å². The maximum atomic E-state index is 8.85. The second-order valence-corrected chi connectivity index (χ2v) is 5.31. The summed E-state index contributed by atoms with van der Waals surface area (Å²) in [5.41, 5.74) is 0. The van der Waals surface area contributed by atoms with Gasteiger partial charge in [-0.3, -0.25) is 4.90 Å². The molecule has 1 aromatic heterocycles. The van der Waals surface area contributed by atoms with Crippen LogP contribution in [0.2, 0.25) is 5.02 Å². The molecule has 0 unspecified atom stereocenters. The van der Waals surface area contributed by atoms with Crippen LogP contribution in [0.15, 0.2) is 24.3 Å². The Bertz CT molecular complexity index is 483. The first-order valence-corrected chi connectivity index (χ1v) is 6.37. The first-order valence-electron chi connectivity index (χ1n) is 5.17. The maximum absolute atomic E-state index is 8.85. The number of rotatable bonds is 4. The molecule has 1 N–H and O–H groups in total. The zero-order valence-electron chi connectivity index (χ0n) is 9.11. The molecule has 0 aliphatic rings. The molecule has 16 heavy (non-hydrogen) atoms. The third kappa shape index (κ3) is 2.38. The van der Waals surface area contributed by atoms with Gasteiger partial charge in [-0.1, -0.05) is 29.8 Å². The Balaban J connectivity index is 2.27. The van der Waals surface area contributed by atoms with Crippen molar-refractivity contribution >= 4 is 33.0 Å². The molecule has 0 saturated carbocycles. The number of hydrogen-bond acceptors (Lipinski definition) is 3. The van der Waals surface area contributed by atoms with E-state index in [0.717, 1.165) is 17.0 Å². The SMILES string of the molecule is CN(CCO)Cc1sc2ccccc2c1Cl. The predicted molar refractivity (Wildman–Crippen MR) is 70.3 cm³/mol. The highest BCUT2D eigenvalue weighted by molar-refractivity contribution is 7.19. The summed E-state index contributed by atoms with van der Waals surface area (Å²) in [6.07, 6.45) is 0. The number of aliphatic hydroxyl groups is 1. The number of likely N-dealkylation sites (N-methyl/N-ethyl adjacent to an activating group) is 1. The van der Waals surface area contributed by atoms with Crippen molar-refractivity contribution in [3.05, 3.63) is 34.2 Å². The van der Waals surface area contributed by atoms with Gasteiger partial charge in [-0.05, 0) is 13.1 Å². The molecule has 0 aliphatic heterocycles. The molecule has 2 nitrogen and oxygen atoms in total. The third-order valence-corrected chi connectivity index (χ3v) is 4.20. The van der Waals surface area contributed by atoms with Crippen molar-refractivity contribution in [2.45, 2.75) is 6.54 Å².